The van der Waals surface area contributed by atoms with Gasteiger partial charge in [0.1, 0.15) is 5.58 Å². The standard InChI is InChI=1S/C43H26N2O/c1-2-12-28(13-3-1)41-31-15-5-4-14-29(31)26-36(44-41)27-22-24-30(25-23-27)45-37-20-10-8-18-34(37)39-32-16-6-7-17-33(32)40-35-19-9-11-21-38(35)46-43(40)42(39)45/h1-26H. The van der Waals surface area contributed by atoms with Crippen molar-refractivity contribution in [3.05, 3.63) is 158 Å². The quantitative estimate of drug-likeness (QED) is 0.206. The molecule has 0 unspecified atom stereocenters. The minimum atomic E-state index is 0.902. The highest BCUT2D eigenvalue weighted by molar-refractivity contribution is 6.35. The second-order valence-corrected chi connectivity index (χ2v) is 11.9. The Balaban J connectivity index is 1.24. The molecule has 3 nitrogen and oxygen atoms in total. The summed E-state index contributed by atoms with van der Waals surface area (Å²) in [4.78, 5) is 5.21. The second-order valence-electron chi connectivity index (χ2n) is 11.9. The second kappa shape index (κ2) is 9.65. The van der Waals surface area contributed by atoms with Crippen LogP contribution in [0.15, 0.2) is 162 Å². The van der Waals surface area contributed by atoms with Gasteiger partial charge in [-0.15, -0.1) is 0 Å². The van der Waals surface area contributed by atoms with Crippen LogP contribution >= 0.6 is 0 Å². The van der Waals surface area contributed by atoms with Crippen molar-refractivity contribution in [2.24, 2.45) is 0 Å². The molecule has 46 heavy (non-hydrogen) atoms. The zero-order chi connectivity index (χ0) is 30.2. The van der Waals surface area contributed by atoms with Gasteiger partial charge in [0.2, 0.25) is 0 Å². The maximum absolute atomic E-state index is 6.72. The zero-order valence-corrected chi connectivity index (χ0v) is 24.8. The van der Waals surface area contributed by atoms with E-state index in [2.05, 4.69) is 150 Å². The first-order valence-electron chi connectivity index (χ1n) is 15.6. The number of fused-ring (bicyclic) bond motifs is 11. The predicted molar refractivity (Wildman–Crippen MR) is 192 cm³/mol. The Kier molecular flexibility index (Phi) is 5.28. The summed E-state index contributed by atoms with van der Waals surface area (Å²) in [6.07, 6.45) is 0. The Morgan fingerprint density at radius 3 is 1.91 bits per heavy atom. The Labute approximate surface area is 264 Å². The van der Waals surface area contributed by atoms with Gasteiger partial charge in [0, 0.05) is 43.7 Å². The molecule has 0 N–H and O–H groups in total. The highest BCUT2D eigenvalue weighted by Crippen LogP contribution is 2.45. The highest BCUT2D eigenvalue weighted by atomic mass is 16.3. The Hall–Kier alpha value is -6.19. The smallest absolute Gasteiger partial charge is 0.160 e. The van der Waals surface area contributed by atoms with Crippen molar-refractivity contribution in [2.75, 3.05) is 0 Å². The van der Waals surface area contributed by atoms with Gasteiger partial charge in [-0.2, -0.15) is 0 Å². The Bertz CT molecular complexity index is 2790. The summed E-state index contributed by atoms with van der Waals surface area (Å²) in [7, 11) is 0. The molecule has 3 aromatic heterocycles. The van der Waals surface area contributed by atoms with Gasteiger partial charge in [0.25, 0.3) is 0 Å². The van der Waals surface area contributed by atoms with Gasteiger partial charge in [-0.3, -0.25) is 0 Å². The van der Waals surface area contributed by atoms with E-state index in [1.54, 1.807) is 0 Å². The average Bonchev–Trinajstić information content (AvgIpc) is 3.69. The first-order valence-corrected chi connectivity index (χ1v) is 15.6. The lowest BCUT2D eigenvalue weighted by Gasteiger charge is -2.12. The van der Waals surface area contributed by atoms with E-state index in [0.29, 0.717) is 0 Å². The molecule has 3 heterocycles. The number of nitrogens with zero attached hydrogens (tertiary/aromatic N) is 2. The number of hydrogen-bond donors (Lipinski definition) is 0. The number of hydrogen-bond acceptors (Lipinski definition) is 2. The van der Waals surface area contributed by atoms with E-state index in [1.807, 2.05) is 12.1 Å². The van der Waals surface area contributed by atoms with Crippen molar-refractivity contribution in [2.45, 2.75) is 0 Å². The molecule has 0 amide bonds. The lowest BCUT2D eigenvalue weighted by atomic mass is 9.99. The van der Waals surface area contributed by atoms with E-state index in [0.717, 1.165) is 66.6 Å². The molecular weight excluding hydrogens is 560 g/mol. The number of furan rings is 1. The van der Waals surface area contributed by atoms with Crippen molar-refractivity contribution >= 4 is 65.3 Å². The number of benzene rings is 7. The lowest BCUT2D eigenvalue weighted by molar-refractivity contribution is 0.671. The molecule has 0 aliphatic rings. The summed E-state index contributed by atoms with van der Waals surface area (Å²) in [6.45, 7) is 0. The van der Waals surface area contributed by atoms with Crippen LogP contribution in [0.1, 0.15) is 0 Å². The summed E-state index contributed by atoms with van der Waals surface area (Å²) >= 11 is 0. The highest BCUT2D eigenvalue weighted by Gasteiger charge is 2.22. The molecule has 0 atom stereocenters. The molecule has 0 saturated carbocycles. The zero-order valence-electron chi connectivity index (χ0n) is 24.8. The molecule has 0 aliphatic carbocycles. The summed E-state index contributed by atoms with van der Waals surface area (Å²) < 4.78 is 9.09. The van der Waals surface area contributed by atoms with Gasteiger partial charge in [-0.25, -0.2) is 4.98 Å². The fourth-order valence-electron chi connectivity index (χ4n) is 7.34. The van der Waals surface area contributed by atoms with Crippen molar-refractivity contribution in [3.63, 3.8) is 0 Å². The van der Waals surface area contributed by atoms with Gasteiger partial charge in [-0.05, 0) is 46.5 Å². The molecule has 10 aromatic rings. The van der Waals surface area contributed by atoms with E-state index in [4.69, 9.17) is 9.40 Å². The molecule has 0 fully saturated rings. The topological polar surface area (TPSA) is 31.0 Å². The first-order chi connectivity index (χ1) is 22.8. The van der Waals surface area contributed by atoms with Crippen LogP contribution in [0.4, 0.5) is 0 Å². The van der Waals surface area contributed by atoms with Crippen LogP contribution in [0, 0.1) is 0 Å². The fraction of sp³-hybridized carbons (Fsp3) is 0. The van der Waals surface area contributed by atoms with Crippen molar-refractivity contribution in [1.82, 2.24) is 9.55 Å². The molecule has 0 radical (unpaired) electrons. The summed E-state index contributed by atoms with van der Waals surface area (Å²) in [5, 5.41) is 9.50. The van der Waals surface area contributed by atoms with Crippen LogP contribution in [0.25, 0.3) is 93.5 Å². The number of para-hydroxylation sites is 2. The summed E-state index contributed by atoms with van der Waals surface area (Å²) in [6, 6.07) is 55.7. The van der Waals surface area contributed by atoms with Gasteiger partial charge in [0.05, 0.1) is 22.4 Å². The third-order valence-electron chi connectivity index (χ3n) is 9.36. The molecular formula is C43H26N2O. The molecule has 10 rings (SSSR count). The largest absolute Gasteiger partial charge is 0.454 e. The normalized spacial score (nSPS) is 11.9. The van der Waals surface area contributed by atoms with Crippen LogP contribution in [-0.2, 0) is 0 Å². The van der Waals surface area contributed by atoms with Crippen LogP contribution in [0.2, 0.25) is 0 Å². The molecule has 7 aromatic carbocycles. The van der Waals surface area contributed by atoms with Crippen molar-refractivity contribution in [3.8, 4) is 28.2 Å². The Morgan fingerprint density at radius 1 is 0.478 bits per heavy atom. The van der Waals surface area contributed by atoms with Gasteiger partial charge < -0.3 is 8.98 Å². The predicted octanol–water partition coefficient (Wildman–Crippen LogP) is 11.7. The van der Waals surface area contributed by atoms with Gasteiger partial charge in [-0.1, -0.05) is 127 Å². The van der Waals surface area contributed by atoms with E-state index < -0.39 is 0 Å². The molecule has 0 saturated heterocycles. The van der Waals surface area contributed by atoms with E-state index in [9.17, 15) is 0 Å². The maximum atomic E-state index is 6.72. The SMILES string of the molecule is c1ccc(-c2nc(-c3ccc(-n4c5ccccc5c5c6ccccc6c6c7ccccc7oc6c54)cc3)cc3ccccc23)cc1. The third-order valence-corrected chi connectivity index (χ3v) is 9.36. The number of pyridine rings is 1. The van der Waals surface area contributed by atoms with Gasteiger partial charge >= 0.3 is 0 Å². The minimum Gasteiger partial charge on any atom is -0.454 e. The lowest BCUT2D eigenvalue weighted by Crippen LogP contribution is -1.95. The van der Waals surface area contributed by atoms with E-state index >= 15 is 0 Å². The van der Waals surface area contributed by atoms with Crippen LogP contribution in [0.3, 0.4) is 0 Å². The summed E-state index contributed by atoms with van der Waals surface area (Å²) in [5.41, 5.74) is 9.29. The van der Waals surface area contributed by atoms with Crippen LogP contribution < -0.4 is 0 Å². The first kappa shape index (κ1) is 25.2. The Morgan fingerprint density at radius 2 is 1.11 bits per heavy atom. The van der Waals surface area contributed by atoms with Crippen LogP contribution in [0.5, 0.6) is 0 Å². The maximum Gasteiger partial charge on any atom is 0.160 e. The molecule has 0 spiro atoms. The van der Waals surface area contributed by atoms with Crippen LogP contribution in [-0.4, -0.2) is 9.55 Å². The van der Waals surface area contributed by atoms with Crippen molar-refractivity contribution in [1.29, 1.82) is 0 Å². The van der Waals surface area contributed by atoms with Crippen molar-refractivity contribution < 1.29 is 4.42 Å². The fourth-order valence-corrected chi connectivity index (χ4v) is 7.34. The average molecular weight is 587 g/mol. The van der Waals surface area contributed by atoms with E-state index in [-0.39, 0.29) is 0 Å². The number of rotatable bonds is 3. The van der Waals surface area contributed by atoms with Gasteiger partial charge in [0.15, 0.2) is 5.58 Å². The molecule has 3 heteroatoms. The minimum absolute atomic E-state index is 0.902. The molecule has 214 valence electrons. The van der Waals surface area contributed by atoms with E-state index in [1.165, 1.54) is 26.9 Å². The molecule has 0 aliphatic heterocycles. The summed E-state index contributed by atoms with van der Waals surface area (Å²) in [5.74, 6) is 0. The number of aromatic nitrogens is 2. The third kappa shape index (κ3) is 3.57. The molecule has 0 bridgehead atoms. The monoisotopic (exact) mass is 586 g/mol.